The van der Waals surface area contributed by atoms with E-state index in [0.717, 1.165) is 0 Å². The van der Waals surface area contributed by atoms with Crippen molar-refractivity contribution >= 4 is 23.3 Å². The van der Waals surface area contributed by atoms with Crippen LogP contribution in [0.25, 0.3) is 0 Å². The highest BCUT2D eigenvalue weighted by molar-refractivity contribution is 6.30. The lowest BCUT2D eigenvalue weighted by Gasteiger charge is -2.05. The second-order valence-corrected chi connectivity index (χ2v) is 2.96. The molecule has 70 valence electrons. The summed E-state index contributed by atoms with van der Waals surface area (Å²) in [6, 6.07) is 3.16. The van der Waals surface area contributed by atoms with Crippen LogP contribution in [0, 0.1) is 0 Å². The fourth-order valence-corrected chi connectivity index (χ4v) is 0.792. The molecule has 1 heterocycles. The third kappa shape index (κ3) is 3.01. The van der Waals surface area contributed by atoms with Crippen LogP contribution in [0.15, 0.2) is 18.3 Å². The van der Waals surface area contributed by atoms with E-state index in [4.69, 9.17) is 16.7 Å². The predicted octanol–water partition coefficient (Wildman–Crippen LogP) is 1.05. The first-order valence-corrected chi connectivity index (χ1v) is 4.08. The van der Waals surface area contributed by atoms with Gasteiger partial charge in [-0.3, -0.25) is 4.79 Å². The molecule has 0 radical (unpaired) electrons. The standard InChI is InChI=1S/C8H9ClN2O2/c1-5(12)8(13)11-7-3-2-6(9)4-10-7/h2-5,12H,1H3,(H,10,11,13)/t5-/m0/s1. The number of rotatable bonds is 2. The molecule has 1 rings (SSSR count). The first-order chi connectivity index (χ1) is 6.09. The van der Waals surface area contributed by atoms with Crippen molar-refractivity contribution in [2.45, 2.75) is 13.0 Å². The Kier molecular flexibility index (Phi) is 3.22. The van der Waals surface area contributed by atoms with Crippen LogP contribution in [0.4, 0.5) is 5.82 Å². The Hall–Kier alpha value is -1.13. The van der Waals surface area contributed by atoms with E-state index in [1.54, 1.807) is 12.1 Å². The largest absolute Gasteiger partial charge is 0.384 e. The Morgan fingerprint density at radius 3 is 2.85 bits per heavy atom. The van der Waals surface area contributed by atoms with Crippen molar-refractivity contribution in [2.24, 2.45) is 0 Å². The van der Waals surface area contributed by atoms with Crippen LogP contribution in [0.5, 0.6) is 0 Å². The number of aromatic nitrogens is 1. The third-order valence-corrected chi connectivity index (χ3v) is 1.58. The first kappa shape index (κ1) is 9.95. The predicted molar refractivity (Wildman–Crippen MR) is 49.6 cm³/mol. The third-order valence-electron chi connectivity index (χ3n) is 1.36. The topological polar surface area (TPSA) is 62.2 Å². The average Bonchev–Trinajstić information content (AvgIpc) is 2.08. The maximum absolute atomic E-state index is 11.0. The lowest BCUT2D eigenvalue weighted by Crippen LogP contribution is -2.24. The van der Waals surface area contributed by atoms with Gasteiger partial charge in [0, 0.05) is 6.20 Å². The van der Waals surface area contributed by atoms with Crippen molar-refractivity contribution in [3.8, 4) is 0 Å². The molecular weight excluding hydrogens is 192 g/mol. The Balaban J connectivity index is 2.65. The normalized spacial score (nSPS) is 12.2. The monoisotopic (exact) mass is 200 g/mol. The number of carbonyl (C=O) groups is 1. The van der Waals surface area contributed by atoms with Gasteiger partial charge in [0.2, 0.25) is 0 Å². The molecule has 0 aliphatic rings. The number of amides is 1. The second-order valence-electron chi connectivity index (χ2n) is 2.53. The van der Waals surface area contributed by atoms with Gasteiger partial charge in [-0.15, -0.1) is 0 Å². The maximum Gasteiger partial charge on any atom is 0.254 e. The molecule has 5 heteroatoms. The Bertz CT molecular complexity index is 298. The van der Waals surface area contributed by atoms with Crippen LogP contribution in [0.2, 0.25) is 5.02 Å². The number of anilines is 1. The molecule has 13 heavy (non-hydrogen) atoms. The summed E-state index contributed by atoms with van der Waals surface area (Å²) >= 11 is 5.59. The summed E-state index contributed by atoms with van der Waals surface area (Å²) in [5.74, 6) is -0.120. The molecule has 0 saturated heterocycles. The highest BCUT2D eigenvalue weighted by Crippen LogP contribution is 2.09. The van der Waals surface area contributed by atoms with Gasteiger partial charge in [0.15, 0.2) is 0 Å². The molecule has 0 bridgehead atoms. The van der Waals surface area contributed by atoms with E-state index in [1.807, 2.05) is 0 Å². The Labute approximate surface area is 80.6 Å². The smallest absolute Gasteiger partial charge is 0.254 e. The molecule has 0 spiro atoms. The summed E-state index contributed by atoms with van der Waals surface area (Å²) < 4.78 is 0. The van der Waals surface area contributed by atoms with Gasteiger partial charge in [-0.05, 0) is 19.1 Å². The van der Waals surface area contributed by atoms with Gasteiger partial charge >= 0.3 is 0 Å². The molecule has 1 aromatic heterocycles. The van der Waals surface area contributed by atoms with Crippen LogP contribution in [0.1, 0.15) is 6.92 Å². The number of nitrogens with one attached hydrogen (secondary N) is 1. The molecule has 0 aromatic carbocycles. The molecule has 4 nitrogen and oxygen atoms in total. The number of hydrogen-bond acceptors (Lipinski definition) is 3. The summed E-state index contributed by atoms with van der Waals surface area (Å²) in [5, 5.41) is 11.8. The van der Waals surface area contributed by atoms with Crippen molar-refractivity contribution < 1.29 is 9.90 Å². The minimum absolute atomic E-state index is 0.371. The summed E-state index contributed by atoms with van der Waals surface area (Å²) in [5.41, 5.74) is 0. The Morgan fingerprint density at radius 2 is 2.38 bits per heavy atom. The number of hydrogen-bond donors (Lipinski definition) is 2. The molecule has 0 unspecified atom stereocenters. The SMILES string of the molecule is C[C@H](O)C(=O)Nc1ccc(Cl)cn1. The molecule has 2 N–H and O–H groups in total. The summed E-state index contributed by atoms with van der Waals surface area (Å²) in [7, 11) is 0. The fraction of sp³-hybridized carbons (Fsp3) is 0.250. The zero-order valence-corrected chi connectivity index (χ0v) is 7.75. The summed E-state index contributed by atoms with van der Waals surface area (Å²) in [6.07, 6.45) is 0.372. The second kappa shape index (κ2) is 4.20. The van der Waals surface area contributed by atoms with Gasteiger partial charge in [-0.25, -0.2) is 4.98 Å². The van der Waals surface area contributed by atoms with E-state index in [1.165, 1.54) is 13.1 Å². The van der Waals surface area contributed by atoms with Crippen molar-refractivity contribution in [1.82, 2.24) is 4.98 Å². The summed E-state index contributed by atoms with van der Waals surface area (Å²) in [6.45, 7) is 1.38. The van der Waals surface area contributed by atoms with Gasteiger partial charge in [0.25, 0.3) is 5.91 Å². The van der Waals surface area contributed by atoms with Crippen LogP contribution in [-0.4, -0.2) is 22.1 Å². The Morgan fingerprint density at radius 1 is 1.69 bits per heavy atom. The van der Waals surface area contributed by atoms with E-state index in [0.29, 0.717) is 10.8 Å². The van der Waals surface area contributed by atoms with Crippen molar-refractivity contribution in [2.75, 3.05) is 5.32 Å². The number of carbonyl (C=O) groups excluding carboxylic acids is 1. The first-order valence-electron chi connectivity index (χ1n) is 3.70. The molecule has 1 amide bonds. The highest BCUT2D eigenvalue weighted by atomic mass is 35.5. The number of aliphatic hydroxyl groups is 1. The zero-order chi connectivity index (χ0) is 9.84. The fourth-order valence-electron chi connectivity index (χ4n) is 0.680. The molecule has 1 aromatic rings. The van der Waals surface area contributed by atoms with Gasteiger partial charge in [0.1, 0.15) is 11.9 Å². The number of nitrogens with zero attached hydrogens (tertiary/aromatic N) is 1. The van der Waals surface area contributed by atoms with Crippen LogP contribution in [0.3, 0.4) is 0 Å². The number of pyridine rings is 1. The van der Waals surface area contributed by atoms with E-state index >= 15 is 0 Å². The van der Waals surface area contributed by atoms with Crippen molar-refractivity contribution in [1.29, 1.82) is 0 Å². The quantitative estimate of drug-likeness (QED) is 0.750. The lowest BCUT2D eigenvalue weighted by atomic mass is 10.4. The van der Waals surface area contributed by atoms with Crippen LogP contribution < -0.4 is 5.32 Å². The van der Waals surface area contributed by atoms with Gasteiger partial charge in [-0.2, -0.15) is 0 Å². The van der Waals surface area contributed by atoms with Gasteiger partial charge in [-0.1, -0.05) is 11.6 Å². The minimum Gasteiger partial charge on any atom is -0.384 e. The lowest BCUT2D eigenvalue weighted by molar-refractivity contribution is -0.123. The molecule has 1 atom stereocenters. The van der Waals surface area contributed by atoms with E-state index < -0.39 is 12.0 Å². The molecule has 0 aliphatic heterocycles. The van der Waals surface area contributed by atoms with E-state index in [2.05, 4.69) is 10.3 Å². The minimum atomic E-state index is -1.04. The number of halogens is 1. The van der Waals surface area contributed by atoms with Gasteiger partial charge < -0.3 is 10.4 Å². The maximum atomic E-state index is 11.0. The molecule has 0 saturated carbocycles. The van der Waals surface area contributed by atoms with Crippen LogP contribution in [-0.2, 0) is 4.79 Å². The van der Waals surface area contributed by atoms with Crippen molar-refractivity contribution in [3.05, 3.63) is 23.4 Å². The average molecular weight is 201 g/mol. The summed E-state index contributed by atoms with van der Waals surface area (Å²) in [4.78, 5) is 14.8. The zero-order valence-electron chi connectivity index (χ0n) is 6.99. The molecule has 0 fully saturated rings. The van der Waals surface area contributed by atoms with E-state index in [9.17, 15) is 4.79 Å². The molecular formula is C8H9ClN2O2. The van der Waals surface area contributed by atoms with E-state index in [-0.39, 0.29) is 0 Å². The van der Waals surface area contributed by atoms with Gasteiger partial charge in [0.05, 0.1) is 5.02 Å². The number of aliphatic hydroxyl groups excluding tert-OH is 1. The molecule has 0 aliphatic carbocycles. The highest BCUT2D eigenvalue weighted by Gasteiger charge is 2.08. The van der Waals surface area contributed by atoms with Crippen molar-refractivity contribution in [3.63, 3.8) is 0 Å². The van der Waals surface area contributed by atoms with Crippen LogP contribution >= 0.6 is 11.6 Å².